The molecule has 17 nitrogen and oxygen atoms in total. The molecular formula is C45H43B7N13O4. The number of benzene rings is 2. The summed E-state index contributed by atoms with van der Waals surface area (Å²) in [6, 6.07) is 16.4. The lowest BCUT2D eigenvalue weighted by atomic mass is 8.76. The second-order valence-electron chi connectivity index (χ2n) is 16.2. The lowest BCUT2D eigenvalue weighted by Crippen LogP contribution is -2.43. The van der Waals surface area contributed by atoms with Crippen LogP contribution < -0.4 is 11.1 Å². The van der Waals surface area contributed by atoms with E-state index in [-0.39, 0.29) is 30.5 Å². The minimum Gasteiger partial charge on any atom is -0.478 e. The molecule has 0 amide bonds. The van der Waals surface area contributed by atoms with Crippen LogP contribution in [0.2, 0.25) is 0 Å². The number of hydrogen-bond acceptors (Lipinski definition) is 10. The van der Waals surface area contributed by atoms with Crippen molar-refractivity contribution in [3.05, 3.63) is 163 Å². The summed E-state index contributed by atoms with van der Waals surface area (Å²) >= 11 is 0. The average molecular weight is 906 g/mol. The molecule has 333 valence electrons. The molecule has 0 aliphatic carbocycles. The molecule has 24 heteroatoms. The van der Waals surface area contributed by atoms with Crippen molar-refractivity contribution in [2.75, 3.05) is 0 Å². The number of imidazole rings is 2. The highest BCUT2D eigenvalue weighted by atomic mass is 16.4. The maximum atomic E-state index is 13.0. The number of aryl methyl sites for hydroxylation is 2. The molecule has 2 aliphatic rings. The Morgan fingerprint density at radius 3 is 1.71 bits per heavy atom. The largest absolute Gasteiger partial charge is 0.478 e. The van der Waals surface area contributed by atoms with Gasteiger partial charge in [0.25, 0.3) is 11.1 Å². The van der Waals surface area contributed by atoms with Gasteiger partial charge in [-0.05, 0) is 48.2 Å². The first-order valence-corrected chi connectivity index (χ1v) is 21.9. The quantitative estimate of drug-likeness (QED) is 0.169. The lowest BCUT2D eigenvalue weighted by molar-refractivity contribution is 0.0696. The Balaban J connectivity index is 0.000000177. The highest BCUT2D eigenvalue weighted by Gasteiger charge is 2.27. The summed E-state index contributed by atoms with van der Waals surface area (Å²) in [6.45, 7) is 6.31. The zero-order chi connectivity index (χ0) is 48.1. The SMILES string of the molecule is C.CCCn1c(=O)c2c(n3ccnc13)N=C(c1cnn(Cc3cccc(C#N)c3)c1)C2.CCCn1c(=O)c2c(n3ccnc13)N=C(c1cnn(Cc3cccc(C(=O)O)c3)c1)C2.[B][B]B([B])B([B])[B]. The van der Waals surface area contributed by atoms with Gasteiger partial charge in [-0.15, -0.1) is 0 Å². The number of fused-ring (bicyclic) bond motifs is 6. The summed E-state index contributed by atoms with van der Waals surface area (Å²) < 4.78 is 10.7. The minimum atomic E-state index is -0.958. The smallest absolute Gasteiger partial charge is 0.335 e. The summed E-state index contributed by atoms with van der Waals surface area (Å²) in [5.74, 6) is 1.55. The molecule has 8 heterocycles. The molecule has 0 saturated heterocycles. The zero-order valence-electron chi connectivity index (χ0n) is 37.4. The summed E-state index contributed by atoms with van der Waals surface area (Å²) in [6.07, 6.45) is 16.0. The third kappa shape index (κ3) is 10.5. The first-order valence-electron chi connectivity index (χ1n) is 21.9. The topological polar surface area (TPSA) is 200 Å². The van der Waals surface area contributed by atoms with Crippen LogP contribution in [-0.2, 0) is 39.0 Å². The van der Waals surface area contributed by atoms with Crippen LogP contribution in [0.25, 0.3) is 11.6 Å². The lowest BCUT2D eigenvalue weighted by Gasteiger charge is -2.09. The number of nitriles is 1. The molecule has 0 unspecified atom stereocenters. The van der Waals surface area contributed by atoms with Crippen LogP contribution in [-0.4, -0.2) is 121 Å². The Hall–Kier alpha value is -7.55. The maximum Gasteiger partial charge on any atom is 0.335 e. The first-order chi connectivity index (χ1) is 32.9. The van der Waals surface area contributed by atoms with Gasteiger partial charge in [0, 0.05) is 125 Å². The highest BCUT2D eigenvalue weighted by Crippen LogP contribution is 2.29. The van der Waals surface area contributed by atoms with Crippen LogP contribution in [0.1, 0.15) is 83.4 Å². The molecule has 2 aromatic carbocycles. The molecule has 0 bridgehead atoms. The highest BCUT2D eigenvalue weighted by molar-refractivity contribution is 7.81. The van der Waals surface area contributed by atoms with E-state index in [1.165, 1.54) is 7.06 Å². The van der Waals surface area contributed by atoms with Gasteiger partial charge in [0.05, 0.1) is 65.2 Å². The van der Waals surface area contributed by atoms with Crippen molar-refractivity contribution >= 4 is 91.4 Å². The first kappa shape index (κ1) is 49.4. The molecule has 0 saturated carbocycles. The average Bonchev–Trinajstić information content (AvgIpc) is 4.20. The molecule has 0 spiro atoms. The molecule has 6 aromatic heterocycles. The number of rotatable bonds is 13. The van der Waals surface area contributed by atoms with Gasteiger partial charge in [-0.1, -0.05) is 45.5 Å². The van der Waals surface area contributed by atoms with E-state index in [9.17, 15) is 19.5 Å². The van der Waals surface area contributed by atoms with E-state index >= 15 is 0 Å². The molecule has 10 rings (SSSR count). The van der Waals surface area contributed by atoms with Crippen LogP contribution in [0.4, 0.5) is 11.6 Å². The summed E-state index contributed by atoms with van der Waals surface area (Å²) in [4.78, 5) is 55.5. The van der Waals surface area contributed by atoms with E-state index < -0.39 is 12.4 Å². The van der Waals surface area contributed by atoms with Crippen LogP contribution >= 0.6 is 0 Å². The van der Waals surface area contributed by atoms with Gasteiger partial charge in [0.1, 0.15) is 11.6 Å². The summed E-state index contributed by atoms with van der Waals surface area (Å²) in [5, 5.41) is 27.1. The van der Waals surface area contributed by atoms with Crippen LogP contribution in [0.15, 0.2) is 118 Å². The Kier molecular flexibility index (Phi) is 15.5. The Bertz CT molecular complexity index is 3400. The van der Waals surface area contributed by atoms with Gasteiger partial charge < -0.3 is 5.11 Å². The van der Waals surface area contributed by atoms with Crippen molar-refractivity contribution in [3.63, 3.8) is 0 Å². The van der Waals surface area contributed by atoms with Gasteiger partial charge in [0.15, 0.2) is 0 Å². The zero-order valence-corrected chi connectivity index (χ0v) is 37.4. The Morgan fingerprint density at radius 1 is 0.783 bits per heavy atom. The van der Waals surface area contributed by atoms with Crippen molar-refractivity contribution in [2.24, 2.45) is 9.98 Å². The third-order valence-corrected chi connectivity index (χ3v) is 11.3. The number of aliphatic imine (C=N–C) groups is 2. The maximum absolute atomic E-state index is 13.0. The molecule has 1 N–H and O–H groups in total. The molecule has 9 radical (unpaired) electrons. The molecule has 0 fully saturated rings. The molecule has 69 heavy (non-hydrogen) atoms. The number of carbonyl (C=O) groups is 1. The van der Waals surface area contributed by atoms with E-state index in [2.05, 4.69) is 26.2 Å². The van der Waals surface area contributed by atoms with Crippen molar-refractivity contribution < 1.29 is 9.90 Å². The van der Waals surface area contributed by atoms with Crippen molar-refractivity contribution in [2.45, 2.75) is 73.1 Å². The second-order valence-corrected chi connectivity index (χ2v) is 16.2. The standard InChI is InChI=1S/C22H19N7O.C22H20N6O3.CH4.B7/c1-2-7-29-21(30)18-10-19(26-20(18)28-8-6-24-22(28)29)17-12-25-27(14-17)13-16-5-3-4-15(9-16)11-23;1-2-7-28-20(29)17-10-18(25-19(17)27-8-6-23-22(27)28)16-11-24-26(13-16)12-14-4-3-5-15(9-14)21(30)31;;1-5-7(4)6(2)3/h3-6,8-9,12,14H,2,7,10,13H2,1H3;3-6,8-9,11,13H,2,7,10,12H2,1H3,(H,30,31);1H4;. The van der Waals surface area contributed by atoms with Gasteiger partial charge in [-0.3, -0.25) is 36.9 Å². The fourth-order valence-electron chi connectivity index (χ4n) is 7.96. The molecule has 2 aliphatic heterocycles. The predicted octanol–water partition coefficient (Wildman–Crippen LogP) is 3.20. The van der Waals surface area contributed by atoms with E-state index in [0.29, 0.717) is 78.9 Å². The Morgan fingerprint density at radius 2 is 1.28 bits per heavy atom. The second kappa shape index (κ2) is 21.6. The molecule has 8 aromatic rings. The van der Waals surface area contributed by atoms with Crippen LogP contribution in [0.5, 0.6) is 0 Å². The normalized spacial score (nSPS) is 12.1. The minimum absolute atomic E-state index is 0. The van der Waals surface area contributed by atoms with Gasteiger partial charge in [0.2, 0.25) is 11.6 Å². The number of aromatic carboxylic acids is 1. The van der Waals surface area contributed by atoms with Crippen LogP contribution in [0.3, 0.4) is 0 Å². The molecule has 0 atom stereocenters. The summed E-state index contributed by atoms with van der Waals surface area (Å²) in [7, 11) is 21.6. The molecular weight excluding hydrogens is 862 g/mol. The van der Waals surface area contributed by atoms with E-state index in [4.69, 9.17) is 46.2 Å². The number of aromatic nitrogens is 10. The number of nitrogens with zero attached hydrogens (tertiary/aromatic N) is 13. The fraction of sp³-hybridized carbons (Fsp3) is 0.244. The predicted molar refractivity (Wildman–Crippen MR) is 274 cm³/mol. The van der Waals surface area contributed by atoms with E-state index in [1.807, 2.05) is 76.4 Å². The van der Waals surface area contributed by atoms with Gasteiger partial charge in [-0.2, -0.15) is 15.5 Å². The summed E-state index contributed by atoms with van der Waals surface area (Å²) in [5.41, 5.74) is 7.32. The fourth-order valence-corrected chi connectivity index (χ4v) is 7.96. The van der Waals surface area contributed by atoms with Gasteiger partial charge >= 0.3 is 5.97 Å². The van der Waals surface area contributed by atoms with Gasteiger partial charge in [-0.25, -0.2) is 24.7 Å². The van der Waals surface area contributed by atoms with E-state index in [0.717, 1.165) is 46.5 Å². The third-order valence-electron chi connectivity index (χ3n) is 11.3. The number of carboxylic acid groups (broad SMARTS) is 1. The van der Waals surface area contributed by atoms with E-state index in [1.54, 1.807) is 62.9 Å². The monoisotopic (exact) mass is 906 g/mol. The number of carboxylic acids is 1. The van der Waals surface area contributed by atoms with Crippen molar-refractivity contribution in [1.82, 2.24) is 47.5 Å². The Labute approximate surface area is 405 Å². The van der Waals surface area contributed by atoms with Crippen molar-refractivity contribution in [3.8, 4) is 6.07 Å². The van der Waals surface area contributed by atoms with Crippen LogP contribution in [0, 0.1) is 11.3 Å². The van der Waals surface area contributed by atoms with Crippen molar-refractivity contribution in [1.29, 1.82) is 5.26 Å². The number of hydrogen-bond donors (Lipinski definition) is 1.